The summed E-state index contributed by atoms with van der Waals surface area (Å²) in [4.78, 5) is 12.3. The number of carboxylic acid groups (broad SMARTS) is 1. The molecule has 0 heterocycles. The Kier molecular flexibility index (Phi) is 3.69. The van der Waals surface area contributed by atoms with Crippen LogP contribution < -0.4 is 0 Å². The highest BCUT2D eigenvalue weighted by molar-refractivity contribution is 8.01. The van der Waals surface area contributed by atoms with Gasteiger partial charge in [0, 0.05) is 9.92 Å². The molecule has 1 saturated carbocycles. The SMILES string of the molecule is CCC1CC(Sc2cccc(Cl)c2)(C(=O)O)C1. The van der Waals surface area contributed by atoms with Crippen LogP contribution in [0.15, 0.2) is 29.2 Å². The van der Waals surface area contributed by atoms with Crippen molar-refractivity contribution in [1.29, 1.82) is 0 Å². The number of hydrogen-bond acceptors (Lipinski definition) is 2. The van der Waals surface area contributed by atoms with E-state index < -0.39 is 10.7 Å². The molecule has 0 aromatic heterocycles. The van der Waals surface area contributed by atoms with E-state index >= 15 is 0 Å². The average Bonchev–Trinajstić information content (AvgIpc) is 2.22. The molecule has 1 aliphatic carbocycles. The van der Waals surface area contributed by atoms with Crippen LogP contribution >= 0.6 is 23.4 Å². The Bertz CT molecular complexity index is 427. The molecule has 0 saturated heterocycles. The average molecular weight is 271 g/mol. The Hall–Kier alpha value is -0.670. The highest BCUT2D eigenvalue weighted by Crippen LogP contribution is 2.52. The summed E-state index contributed by atoms with van der Waals surface area (Å²) in [6.45, 7) is 2.11. The first-order valence-electron chi connectivity index (χ1n) is 5.74. The minimum atomic E-state index is -0.702. The maximum Gasteiger partial charge on any atom is 0.320 e. The number of carbonyl (C=O) groups is 1. The van der Waals surface area contributed by atoms with Crippen molar-refractivity contribution in [2.24, 2.45) is 5.92 Å². The van der Waals surface area contributed by atoms with Crippen LogP contribution in [0.25, 0.3) is 0 Å². The molecular formula is C13H15ClO2S. The molecule has 1 fully saturated rings. The lowest BCUT2D eigenvalue weighted by Gasteiger charge is -2.43. The fourth-order valence-corrected chi connectivity index (χ4v) is 3.98. The van der Waals surface area contributed by atoms with Crippen molar-refractivity contribution < 1.29 is 9.90 Å². The second-order valence-corrected chi connectivity index (χ2v) is 6.43. The van der Waals surface area contributed by atoms with Gasteiger partial charge in [0.2, 0.25) is 0 Å². The molecular weight excluding hydrogens is 256 g/mol. The second kappa shape index (κ2) is 4.91. The van der Waals surface area contributed by atoms with Crippen molar-refractivity contribution in [1.82, 2.24) is 0 Å². The van der Waals surface area contributed by atoms with Crippen molar-refractivity contribution in [3.63, 3.8) is 0 Å². The third kappa shape index (κ3) is 2.61. The van der Waals surface area contributed by atoms with E-state index in [9.17, 15) is 9.90 Å². The maximum absolute atomic E-state index is 11.4. The minimum Gasteiger partial charge on any atom is -0.480 e. The normalized spacial score (nSPS) is 27.5. The first-order valence-corrected chi connectivity index (χ1v) is 6.93. The molecule has 2 rings (SSSR count). The number of benzene rings is 1. The Morgan fingerprint density at radius 3 is 2.82 bits per heavy atom. The van der Waals surface area contributed by atoms with E-state index in [4.69, 9.17) is 11.6 Å². The van der Waals surface area contributed by atoms with Crippen LogP contribution in [0.1, 0.15) is 26.2 Å². The summed E-state index contributed by atoms with van der Waals surface area (Å²) in [6.07, 6.45) is 2.58. The van der Waals surface area contributed by atoms with Crippen molar-refractivity contribution in [2.75, 3.05) is 0 Å². The van der Waals surface area contributed by atoms with Gasteiger partial charge in [0.15, 0.2) is 0 Å². The van der Waals surface area contributed by atoms with E-state index in [1.165, 1.54) is 11.8 Å². The van der Waals surface area contributed by atoms with Gasteiger partial charge in [-0.05, 0) is 37.0 Å². The number of thioether (sulfide) groups is 1. The standard InChI is InChI=1S/C13H15ClO2S/c1-2-9-7-13(8-9,12(15)16)17-11-5-3-4-10(14)6-11/h3-6,9H,2,7-8H2,1H3,(H,15,16). The minimum absolute atomic E-state index is 0.554. The topological polar surface area (TPSA) is 37.3 Å². The predicted molar refractivity (Wildman–Crippen MR) is 70.7 cm³/mol. The zero-order valence-electron chi connectivity index (χ0n) is 9.65. The Morgan fingerprint density at radius 2 is 2.29 bits per heavy atom. The number of hydrogen-bond donors (Lipinski definition) is 1. The van der Waals surface area contributed by atoms with Gasteiger partial charge in [-0.3, -0.25) is 4.79 Å². The molecule has 1 aromatic rings. The van der Waals surface area contributed by atoms with Crippen molar-refractivity contribution in [2.45, 2.75) is 35.8 Å². The molecule has 17 heavy (non-hydrogen) atoms. The van der Waals surface area contributed by atoms with E-state index in [0.29, 0.717) is 10.9 Å². The van der Waals surface area contributed by atoms with E-state index in [0.717, 1.165) is 24.2 Å². The van der Waals surface area contributed by atoms with Crippen LogP contribution in [0.5, 0.6) is 0 Å². The van der Waals surface area contributed by atoms with Gasteiger partial charge in [0.25, 0.3) is 0 Å². The molecule has 1 N–H and O–H groups in total. The fourth-order valence-electron chi connectivity index (χ4n) is 2.22. The molecule has 0 amide bonds. The highest BCUT2D eigenvalue weighted by atomic mass is 35.5. The summed E-state index contributed by atoms with van der Waals surface area (Å²) in [5.74, 6) is -0.148. The third-order valence-corrected chi connectivity index (χ3v) is 4.94. The van der Waals surface area contributed by atoms with Crippen LogP contribution in [-0.2, 0) is 4.79 Å². The van der Waals surface area contributed by atoms with Gasteiger partial charge in [-0.1, -0.05) is 31.0 Å². The third-order valence-electron chi connectivity index (χ3n) is 3.31. The number of halogens is 1. The van der Waals surface area contributed by atoms with Crippen molar-refractivity contribution in [3.05, 3.63) is 29.3 Å². The van der Waals surface area contributed by atoms with E-state index in [1.807, 2.05) is 18.2 Å². The van der Waals surface area contributed by atoms with Crippen LogP contribution in [-0.4, -0.2) is 15.8 Å². The summed E-state index contributed by atoms with van der Waals surface area (Å²) in [7, 11) is 0. The molecule has 2 nitrogen and oxygen atoms in total. The zero-order chi connectivity index (χ0) is 12.5. The van der Waals surface area contributed by atoms with Gasteiger partial charge in [-0.15, -0.1) is 11.8 Å². The maximum atomic E-state index is 11.4. The Morgan fingerprint density at radius 1 is 1.59 bits per heavy atom. The van der Waals surface area contributed by atoms with Crippen molar-refractivity contribution in [3.8, 4) is 0 Å². The van der Waals surface area contributed by atoms with Crippen LogP contribution in [0.4, 0.5) is 0 Å². The second-order valence-electron chi connectivity index (χ2n) is 4.54. The molecule has 0 unspecified atom stereocenters. The summed E-state index contributed by atoms with van der Waals surface area (Å²) in [6, 6.07) is 7.40. The summed E-state index contributed by atoms with van der Waals surface area (Å²) >= 11 is 7.34. The molecule has 1 aromatic carbocycles. The van der Waals surface area contributed by atoms with Crippen LogP contribution in [0.3, 0.4) is 0 Å². The number of aliphatic carboxylic acids is 1. The lowest BCUT2D eigenvalue weighted by molar-refractivity contribution is -0.143. The molecule has 92 valence electrons. The monoisotopic (exact) mass is 270 g/mol. The molecule has 0 atom stereocenters. The van der Waals surface area contributed by atoms with Crippen LogP contribution in [0, 0.1) is 5.92 Å². The quantitative estimate of drug-likeness (QED) is 0.896. The molecule has 0 spiro atoms. The Balaban J connectivity index is 2.12. The summed E-state index contributed by atoms with van der Waals surface area (Å²) in [5, 5.41) is 10.0. The van der Waals surface area contributed by atoms with Crippen LogP contribution in [0.2, 0.25) is 5.02 Å². The first-order chi connectivity index (χ1) is 8.05. The van der Waals surface area contributed by atoms with Gasteiger partial charge < -0.3 is 5.11 Å². The van der Waals surface area contributed by atoms with Crippen molar-refractivity contribution >= 4 is 29.3 Å². The Labute approximate surface area is 110 Å². The molecule has 1 aliphatic rings. The lowest BCUT2D eigenvalue weighted by atomic mass is 9.73. The first kappa shape index (κ1) is 12.8. The summed E-state index contributed by atoms with van der Waals surface area (Å²) in [5.41, 5.74) is 0. The van der Waals surface area contributed by atoms with Gasteiger partial charge in [0.05, 0.1) is 0 Å². The van der Waals surface area contributed by atoms with E-state index in [1.54, 1.807) is 6.07 Å². The fraction of sp³-hybridized carbons (Fsp3) is 0.462. The van der Waals surface area contributed by atoms with Gasteiger partial charge in [0.1, 0.15) is 4.75 Å². The number of carboxylic acids is 1. The number of rotatable bonds is 4. The van der Waals surface area contributed by atoms with Gasteiger partial charge in [-0.25, -0.2) is 0 Å². The predicted octanol–water partition coefficient (Wildman–Crippen LogP) is 4.08. The molecule has 0 radical (unpaired) electrons. The smallest absolute Gasteiger partial charge is 0.320 e. The molecule has 4 heteroatoms. The van der Waals surface area contributed by atoms with E-state index in [-0.39, 0.29) is 0 Å². The van der Waals surface area contributed by atoms with E-state index in [2.05, 4.69) is 6.92 Å². The zero-order valence-corrected chi connectivity index (χ0v) is 11.2. The lowest BCUT2D eigenvalue weighted by Crippen LogP contribution is -2.47. The van der Waals surface area contributed by atoms with Gasteiger partial charge in [-0.2, -0.15) is 0 Å². The summed E-state index contributed by atoms with van der Waals surface area (Å²) < 4.78 is -0.634. The highest BCUT2D eigenvalue weighted by Gasteiger charge is 2.50. The molecule has 0 aliphatic heterocycles. The largest absolute Gasteiger partial charge is 0.480 e. The molecule has 0 bridgehead atoms. The van der Waals surface area contributed by atoms with Gasteiger partial charge >= 0.3 is 5.97 Å².